The Morgan fingerprint density at radius 3 is 3.10 bits per heavy atom. The number of likely N-dealkylation sites (N-methyl/N-ethyl adjacent to an activating group) is 1. The zero-order chi connectivity index (χ0) is 14.9. The lowest BCUT2D eigenvalue weighted by molar-refractivity contribution is -0.152. The van der Waals surface area contributed by atoms with E-state index in [1.807, 2.05) is 11.1 Å². The molecule has 21 heavy (non-hydrogen) atoms. The van der Waals surface area contributed by atoms with Gasteiger partial charge in [-0.3, -0.25) is 9.69 Å². The van der Waals surface area contributed by atoms with Gasteiger partial charge in [-0.05, 0) is 18.7 Å². The van der Waals surface area contributed by atoms with Crippen molar-refractivity contribution in [2.45, 2.75) is 25.0 Å². The maximum Gasteiger partial charge on any atom is 0.255 e. The topological polar surface area (TPSA) is 72.5 Å². The summed E-state index contributed by atoms with van der Waals surface area (Å²) in [4.78, 5) is 24.3. The van der Waals surface area contributed by atoms with Gasteiger partial charge in [-0.25, -0.2) is 4.98 Å². The van der Waals surface area contributed by atoms with Gasteiger partial charge in [-0.2, -0.15) is 11.8 Å². The molecule has 0 aliphatic carbocycles. The number of amides is 1. The first-order valence-electron chi connectivity index (χ1n) is 7.47. The zero-order valence-electron chi connectivity index (χ0n) is 12.3. The molecule has 2 aliphatic heterocycles. The van der Waals surface area contributed by atoms with Crippen molar-refractivity contribution in [1.29, 1.82) is 0 Å². The fourth-order valence-electron chi connectivity index (χ4n) is 3.12. The summed E-state index contributed by atoms with van der Waals surface area (Å²) >= 11 is 1.65. The largest absolute Gasteiger partial charge is 0.379 e. The van der Waals surface area contributed by atoms with Gasteiger partial charge in [0.1, 0.15) is 5.82 Å². The number of thioether (sulfide) groups is 1. The predicted molar refractivity (Wildman–Crippen MR) is 82.0 cm³/mol. The molecule has 2 N–H and O–H groups in total. The maximum absolute atomic E-state index is 12.6. The molecule has 1 aromatic heterocycles. The predicted octanol–water partition coefficient (Wildman–Crippen LogP) is 0.483. The highest BCUT2D eigenvalue weighted by Gasteiger charge is 2.44. The zero-order valence-corrected chi connectivity index (χ0v) is 13.1. The Morgan fingerprint density at radius 1 is 1.62 bits per heavy atom. The number of nitrogens with zero attached hydrogens (tertiary/aromatic N) is 3. The minimum Gasteiger partial charge on any atom is -0.379 e. The van der Waals surface area contributed by atoms with Crippen molar-refractivity contribution in [3.63, 3.8) is 0 Å². The molecule has 0 spiro atoms. The van der Waals surface area contributed by atoms with Crippen molar-refractivity contribution in [2.24, 2.45) is 0 Å². The molecule has 3 rings (SSSR count). The van der Waals surface area contributed by atoms with Gasteiger partial charge in [0, 0.05) is 37.8 Å². The number of piperazine rings is 1. The Balaban J connectivity index is 1.75. The number of H-pyrrole nitrogens is 1. The summed E-state index contributed by atoms with van der Waals surface area (Å²) in [6, 6.07) is 0.0837. The fraction of sp³-hybridized carbons (Fsp3) is 0.714. The van der Waals surface area contributed by atoms with Crippen molar-refractivity contribution in [3.8, 4) is 0 Å². The quantitative estimate of drug-likeness (QED) is 0.850. The van der Waals surface area contributed by atoms with Crippen LogP contribution in [0.15, 0.2) is 12.4 Å². The highest BCUT2D eigenvalue weighted by atomic mass is 32.2. The van der Waals surface area contributed by atoms with E-state index >= 15 is 0 Å². The summed E-state index contributed by atoms with van der Waals surface area (Å²) in [6.07, 6.45) is 4.12. The summed E-state index contributed by atoms with van der Waals surface area (Å²) in [5.41, 5.74) is -1.16. The number of hydrogen-bond donors (Lipinski definition) is 2. The molecule has 116 valence electrons. The Hall–Kier alpha value is -1.05. The van der Waals surface area contributed by atoms with E-state index in [4.69, 9.17) is 0 Å². The van der Waals surface area contributed by atoms with Gasteiger partial charge in [-0.15, -0.1) is 0 Å². The first-order chi connectivity index (χ1) is 10.1. The second-order valence-corrected chi connectivity index (χ2v) is 6.81. The smallest absolute Gasteiger partial charge is 0.255 e. The van der Waals surface area contributed by atoms with Crippen LogP contribution in [-0.4, -0.2) is 74.1 Å². The van der Waals surface area contributed by atoms with Crippen molar-refractivity contribution in [1.82, 2.24) is 19.8 Å². The van der Waals surface area contributed by atoms with E-state index in [1.54, 1.807) is 18.0 Å². The lowest BCUT2D eigenvalue weighted by Crippen LogP contribution is -2.56. The molecule has 2 atom stereocenters. The molecule has 2 fully saturated rings. The third-order valence-corrected chi connectivity index (χ3v) is 5.59. The van der Waals surface area contributed by atoms with Gasteiger partial charge in [-0.1, -0.05) is 6.92 Å². The average Bonchev–Trinajstić information content (AvgIpc) is 3.18. The van der Waals surface area contributed by atoms with Crippen LogP contribution < -0.4 is 0 Å². The van der Waals surface area contributed by atoms with E-state index in [9.17, 15) is 9.90 Å². The molecule has 0 aromatic carbocycles. The fourth-order valence-corrected chi connectivity index (χ4v) is 4.35. The Bertz CT molecular complexity index is 487. The van der Waals surface area contributed by atoms with Crippen LogP contribution >= 0.6 is 11.8 Å². The summed E-state index contributed by atoms with van der Waals surface area (Å²) in [7, 11) is 0. The molecule has 0 saturated carbocycles. The highest BCUT2D eigenvalue weighted by molar-refractivity contribution is 7.99. The van der Waals surface area contributed by atoms with E-state index in [0.29, 0.717) is 25.3 Å². The third kappa shape index (κ3) is 2.82. The SMILES string of the molecule is CCN1CCN(C(=O)[C@@]2(O)CCSC2)C[C@H]1c1ncc[nH]1. The number of aromatic amines is 1. The summed E-state index contributed by atoms with van der Waals surface area (Å²) in [5.74, 6) is 2.16. The average molecular weight is 310 g/mol. The standard InChI is InChI=1S/C14H22N4O2S/c1-2-17-6-7-18(9-11(17)12-15-4-5-16-12)13(19)14(20)3-8-21-10-14/h4-5,11,20H,2-3,6-10H2,1H3,(H,15,16)/t11-,14+/m0/s1. The first-order valence-corrected chi connectivity index (χ1v) is 8.62. The number of aliphatic hydroxyl groups is 1. The van der Waals surface area contributed by atoms with Crippen molar-refractivity contribution in [3.05, 3.63) is 18.2 Å². The molecular formula is C14H22N4O2S. The van der Waals surface area contributed by atoms with Gasteiger partial charge >= 0.3 is 0 Å². The molecule has 2 aliphatic rings. The van der Waals surface area contributed by atoms with E-state index in [2.05, 4.69) is 21.8 Å². The Morgan fingerprint density at radius 2 is 2.48 bits per heavy atom. The maximum atomic E-state index is 12.6. The van der Waals surface area contributed by atoms with Gasteiger partial charge in [0.2, 0.25) is 0 Å². The normalized spacial score (nSPS) is 30.8. The molecule has 3 heterocycles. The molecule has 7 heteroatoms. The van der Waals surface area contributed by atoms with E-state index in [0.717, 1.165) is 24.7 Å². The van der Waals surface area contributed by atoms with Crippen LogP contribution in [0.2, 0.25) is 0 Å². The second-order valence-electron chi connectivity index (χ2n) is 5.70. The number of hydrogen-bond acceptors (Lipinski definition) is 5. The van der Waals surface area contributed by atoms with Crippen molar-refractivity contribution in [2.75, 3.05) is 37.7 Å². The molecule has 1 aromatic rings. The van der Waals surface area contributed by atoms with Gasteiger partial charge in [0.15, 0.2) is 5.60 Å². The summed E-state index contributed by atoms with van der Waals surface area (Å²) in [6.45, 7) is 5.13. The summed E-state index contributed by atoms with van der Waals surface area (Å²) < 4.78 is 0. The molecule has 2 saturated heterocycles. The van der Waals surface area contributed by atoms with Gasteiger partial charge in [0.25, 0.3) is 5.91 Å². The van der Waals surface area contributed by atoms with E-state index < -0.39 is 5.60 Å². The molecule has 0 radical (unpaired) electrons. The van der Waals surface area contributed by atoms with Crippen LogP contribution in [0, 0.1) is 0 Å². The van der Waals surface area contributed by atoms with Gasteiger partial charge < -0.3 is 15.0 Å². The highest BCUT2D eigenvalue weighted by Crippen LogP contribution is 2.31. The van der Waals surface area contributed by atoms with Crippen LogP contribution in [0.3, 0.4) is 0 Å². The molecule has 6 nitrogen and oxygen atoms in total. The number of rotatable bonds is 3. The van der Waals surface area contributed by atoms with Crippen molar-refractivity contribution >= 4 is 17.7 Å². The van der Waals surface area contributed by atoms with Crippen LogP contribution in [0.5, 0.6) is 0 Å². The molecule has 1 amide bonds. The van der Waals surface area contributed by atoms with E-state index in [-0.39, 0.29) is 11.9 Å². The number of carbonyl (C=O) groups excluding carboxylic acids is 1. The number of imidazole rings is 1. The minimum absolute atomic E-state index is 0.0837. The monoisotopic (exact) mass is 310 g/mol. The Kier molecular flexibility index (Phi) is 4.24. The third-order valence-electron chi connectivity index (χ3n) is 4.42. The number of nitrogens with one attached hydrogen (secondary N) is 1. The summed E-state index contributed by atoms with van der Waals surface area (Å²) in [5, 5.41) is 10.5. The van der Waals surface area contributed by atoms with Gasteiger partial charge in [0.05, 0.1) is 6.04 Å². The molecule has 0 unspecified atom stereocenters. The minimum atomic E-state index is -1.16. The lowest BCUT2D eigenvalue weighted by Gasteiger charge is -2.42. The number of carbonyl (C=O) groups is 1. The van der Waals surface area contributed by atoms with Crippen LogP contribution in [0.1, 0.15) is 25.2 Å². The van der Waals surface area contributed by atoms with Crippen LogP contribution in [0.25, 0.3) is 0 Å². The second kappa shape index (κ2) is 5.98. The van der Waals surface area contributed by atoms with Crippen LogP contribution in [0.4, 0.5) is 0 Å². The molecule has 0 bridgehead atoms. The van der Waals surface area contributed by atoms with Crippen molar-refractivity contribution < 1.29 is 9.90 Å². The first kappa shape index (κ1) is 14.9. The lowest BCUT2D eigenvalue weighted by atomic mass is 10.00. The van der Waals surface area contributed by atoms with Crippen LogP contribution in [-0.2, 0) is 4.79 Å². The van der Waals surface area contributed by atoms with E-state index in [1.165, 1.54) is 0 Å². The number of aromatic nitrogens is 2. The molecular weight excluding hydrogens is 288 g/mol. The Labute approximate surface area is 128 Å².